The van der Waals surface area contributed by atoms with Crippen molar-refractivity contribution in [1.29, 1.82) is 0 Å². The van der Waals surface area contributed by atoms with E-state index in [9.17, 15) is 18.0 Å². The molecule has 0 radical (unpaired) electrons. The van der Waals surface area contributed by atoms with E-state index in [2.05, 4.69) is 20.4 Å². The third kappa shape index (κ3) is 6.10. The summed E-state index contributed by atoms with van der Waals surface area (Å²) in [5.41, 5.74) is 1.87. The summed E-state index contributed by atoms with van der Waals surface area (Å²) in [6.45, 7) is 2.06. The molecule has 0 spiro atoms. The van der Waals surface area contributed by atoms with Gasteiger partial charge in [0.1, 0.15) is 11.6 Å². The zero-order chi connectivity index (χ0) is 21.8. The minimum absolute atomic E-state index is 0.145. The van der Waals surface area contributed by atoms with Gasteiger partial charge in [-0.25, -0.2) is 4.98 Å². The average Bonchev–Trinajstić information content (AvgIpc) is 3.57. The topological polar surface area (TPSA) is 72.5 Å². The van der Waals surface area contributed by atoms with Crippen molar-refractivity contribution in [3.05, 3.63) is 47.7 Å². The highest BCUT2D eigenvalue weighted by Crippen LogP contribution is 2.42. The van der Waals surface area contributed by atoms with Crippen LogP contribution in [0.3, 0.4) is 0 Å². The molecule has 0 unspecified atom stereocenters. The Bertz CT molecular complexity index is 926. The Balaban J connectivity index is 1.45. The highest BCUT2D eigenvalue weighted by Gasteiger charge is 2.31. The van der Waals surface area contributed by atoms with Crippen LogP contribution in [0.1, 0.15) is 47.5 Å². The van der Waals surface area contributed by atoms with Crippen LogP contribution in [-0.4, -0.2) is 37.0 Å². The molecule has 2 N–H and O–H groups in total. The SMILES string of the molecule is O=C(NCC1CCOCC1)c1cnc(Nc2cccc(OC(F)(F)F)c2)cc1C1CC1. The summed E-state index contributed by atoms with van der Waals surface area (Å²) in [6.07, 6.45) is 0.653. The maximum absolute atomic E-state index is 12.8. The summed E-state index contributed by atoms with van der Waals surface area (Å²) < 4.78 is 46.7. The number of carbonyl (C=O) groups is 1. The van der Waals surface area contributed by atoms with Crippen LogP contribution >= 0.6 is 0 Å². The normalized spacial score (nSPS) is 17.3. The van der Waals surface area contributed by atoms with Crippen molar-refractivity contribution >= 4 is 17.4 Å². The first-order valence-electron chi connectivity index (χ1n) is 10.4. The Morgan fingerprint density at radius 2 is 1.94 bits per heavy atom. The van der Waals surface area contributed by atoms with E-state index < -0.39 is 6.36 Å². The molecule has 2 aromatic rings. The van der Waals surface area contributed by atoms with Gasteiger partial charge in [-0.15, -0.1) is 13.2 Å². The zero-order valence-electron chi connectivity index (χ0n) is 16.9. The molecule has 0 atom stereocenters. The average molecular weight is 435 g/mol. The number of benzene rings is 1. The molecule has 6 nitrogen and oxygen atoms in total. The number of anilines is 2. The van der Waals surface area contributed by atoms with Gasteiger partial charge in [0, 0.05) is 37.7 Å². The maximum Gasteiger partial charge on any atom is 0.573 e. The predicted octanol–water partition coefficient (Wildman–Crippen LogP) is 4.76. The summed E-state index contributed by atoms with van der Waals surface area (Å²) in [5, 5.41) is 6.01. The summed E-state index contributed by atoms with van der Waals surface area (Å²) in [6, 6.07) is 7.37. The van der Waals surface area contributed by atoms with Crippen molar-refractivity contribution in [3.8, 4) is 5.75 Å². The molecule has 1 aromatic heterocycles. The van der Waals surface area contributed by atoms with Crippen molar-refractivity contribution in [3.63, 3.8) is 0 Å². The van der Waals surface area contributed by atoms with Crippen LogP contribution in [0, 0.1) is 5.92 Å². The molecule has 1 aromatic carbocycles. The highest BCUT2D eigenvalue weighted by molar-refractivity contribution is 5.96. The van der Waals surface area contributed by atoms with Crippen LogP contribution in [0.4, 0.5) is 24.7 Å². The molecule has 1 aliphatic carbocycles. The van der Waals surface area contributed by atoms with E-state index in [1.165, 1.54) is 24.4 Å². The third-order valence-corrected chi connectivity index (χ3v) is 5.43. The number of ether oxygens (including phenoxy) is 2. The van der Waals surface area contributed by atoms with E-state index >= 15 is 0 Å². The van der Waals surface area contributed by atoms with Crippen LogP contribution in [0.5, 0.6) is 5.75 Å². The Kier molecular flexibility index (Phi) is 6.31. The van der Waals surface area contributed by atoms with E-state index in [1.54, 1.807) is 12.1 Å². The Hall–Kier alpha value is -2.81. The number of carbonyl (C=O) groups excluding carboxylic acids is 1. The first kappa shape index (κ1) is 21.4. The van der Waals surface area contributed by atoms with Crippen LogP contribution in [-0.2, 0) is 4.74 Å². The van der Waals surface area contributed by atoms with Gasteiger partial charge in [-0.2, -0.15) is 0 Å². The fourth-order valence-corrected chi connectivity index (χ4v) is 3.66. The van der Waals surface area contributed by atoms with Gasteiger partial charge in [0.15, 0.2) is 0 Å². The molecule has 1 saturated heterocycles. The van der Waals surface area contributed by atoms with Gasteiger partial charge in [-0.05, 0) is 61.3 Å². The smallest absolute Gasteiger partial charge is 0.406 e. The van der Waals surface area contributed by atoms with Gasteiger partial charge in [0.25, 0.3) is 5.91 Å². The first-order chi connectivity index (χ1) is 14.9. The Labute approximate surface area is 178 Å². The van der Waals surface area contributed by atoms with Crippen molar-refractivity contribution in [2.75, 3.05) is 25.1 Å². The molecule has 31 heavy (non-hydrogen) atoms. The Morgan fingerprint density at radius 1 is 1.16 bits per heavy atom. The lowest BCUT2D eigenvalue weighted by Gasteiger charge is -2.22. The van der Waals surface area contributed by atoms with Crippen molar-refractivity contribution < 1.29 is 27.4 Å². The molecule has 1 aliphatic heterocycles. The van der Waals surface area contributed by atoms with Gasteiger partial charge in [-0.1, -0.05) is 6.07 Å². The molecule has 166 valence electrons. The molecule has 2 fully saturated rings. The number of rotatable bonds is 7. The number of pyridine rings is 1. The highest BCUT2D eigenvalue weighted by atomic mass is 19.4. The zero-order valence-corrected chi connectivity index (χ0v) is 16.9. The lowest BCUT2D eigenvalue weighted by atomic mass is 10.00. The standard InChI is InChI=1S/C22H24F3N3O3/c23-22(24,25)31-17-3-1-2-16(10-17)28-20-11-18(15-4-5-15)19(13-26-20)21(29)27-12-14-6-8-30-9-7-14/h1-3,10-11,13-15H,4-9,12H2,(H,26,28)(H,27,29). The second kappa shape index (κ2) is 9.13. The van der Waals surface area contributed by atoms with Gasteiger partial charge in [0.2, 0.25) is 0 Å². The number of nitrogens with one attached hydrogen (secondary N) is 2. The van der Waals surface area contributed by atoms with Gasteiger partial charge in [0.05, 0.1) is 5.56 Å². The fourth-order valence-electron chi connectivity index (χ4n) is 3.66. The number of aromatic nitrogens is 1. The number of halogens is 3. The van der Waals surface area contributed by atoms with Crippen LogP contribution in [0.2, 0.25) is 0 Å². The van der Waals surface area contributed by atoms with E-state index in [0.29, 0.717) is 35.4 Å². The summed E-state index contributed by atoms with van der Waals surface area (Å²) >= 11 is 0. The molecule has 4 rings (SSSR count). The molecule has 2 aliphatic rings. The van der Waals surface area contributed by atoms with E-state index in [-0.39, 0.29) is 11.7 Å². The third-order valence-electron chi connectivity index (χ3n) is 5.43. The van der Waals surface area contributed by atoms with Crippen LogP contribution in [0.15, 0.2) is 36.5 Å². The first-order valence-corrected chi connectivity index (χ1v) is 10.4. The lowest BCUT2D eigenvalue weighted by Crippen LogP contribution is -2.32. The van der Waals surface area contributed by atoms with E-state index in [4.69, 9.17) is 4.74 Å². The molecule has 1 saturated carbocycles. The second-order valence-electron chi connectivity index (χ2n) is 7.90. The number of hydrogen-bond acceptors (Lipinski definition) is 5. The van der Waals surface area contributed by atoms with Crippen LogP contribution in [0.25, 0.3) is 0 Å². The lowest BCUT2D eigenvalue weighted by molar-refractivity contribution is -0.274. The summed E-state index contributed by atoms with van der Waals surface area (Å²) in [7, 11) is 0. The number of amides is 1. The summed E-state index contributed by atoms with van der Waals surface area (Å²) in [4.78, 5) is 17.1. The minimum atomic E-state index is -4.75. The number of nitrogens with zero attached hydrogens (tertiary/aromatic N) is 1. The second-order valence-corrected chi connectivity index (χ2v) is 7.90. The molecule has 9 heteroatoms. The molecular formula is C22H24F3N3O3. The molecule has 0 bridgehead atoms. The monoisotopic (exact) mass is 435 g/mol. The largest absolute Gasteiger partial charge is 0.573 e. The molecular weight excluding hydrogens is 411 g/mol. The predicted molar refractivity (Wildman–Crippen MR) is 108 cm³/mol. The van der Waals surface area contributed by atoms with E-state index in [1.807, 2.05) is 0 Å². The van der Waals surface area contributed by atoms with Crippen LogP contribution < -0.4 is 15.4 Å². The van der Waals surface area contributed by atoms with Crippen molar-refractivity contribution in [2.24, 2.45) is 5.92 Å². The summed E-state index contributed by atoms with van der Waals surface area (Å²) in [5.74, 6) is 0.721. The van der Waals surface area contributed by atoms with Crippen molar-refractivity contribution in [2.45, 2.75) is 38.0 Å². The van der Waals surface area contributed by atoms with Gasteiger partial charge < -0.3 is 20.1 Å². The quantitative estimate of drug-likeness (QED) is 0.656. The van der Waals surface area contributed by atoms with Crippen molar-refractivity contribution in [1.82, 2.24) is 10.3 Å². The Morgan fingerprint density at radius 3 is 2.65 bits per heavy atom. The molecule has 1 amide bonds. The van der Waals surface area contributed by atoms with Gasteiger partial charge in [-0.3, -0.25) is 4.79 Å². The van der Waals surface area contributed by atoms with E-state index in [0.717, 1.165) is 44.5 Å². The number of hydrogen-bond donors (Lipinski definition) is 2. The minimum Gasteiger partial charge on any atom is -0.406 e. The maximum atomic E-state index is 12.8. The fraction of sp³-hybridized carbons (Fsp3) is 0.455. The number of alkyl halides is 3. The van der Waals surface area contributed by atoms with Gasteiger partial charge >= 0.3 is 6.36 Å². The molecule has 2 heterocycles.